The Labute approximate surface area is 112 Å². The second-order valence-electron chi connectivity index (χ2n) is 3.67. The van der Waals surface area contributed by atoms with Gasteiger partial charge in [-0.05, 0) is 23.9 Å². The Morgan fingerprint density at radius 1 is 1.33 bits per heavy atom. The number of hydrogen-bond acceptors (Lipinski definition) is 6. The van der Waals surface area contributed by atoms with Gasteiger partial charge in [0.2, 0.25) is 0 Å². The molecular formula is C11H10N4OS2. The third-order valence-electron chi connectivity index (χ3n) is 2.52. The van der Waals surface area contributed by atoms with E-state index in [-0.39, 0.29) is 6.61 Å². The van der Waals surface area contributed by atoms with E-state index < -0.39 is 0 Å². The van der Waals surface area contributed by atoms with E-state index in [0.29, 0.717) is 5.82 Å². The van der Waals surface area contributed by atoms with Gasteiger partial charge in [0.15, 0.2) is 15.3 Å². The van der Waals surface area contributed by atoms with E-state index in [1.165, 1.54) is 11.8 Å². The second kappa shape index (κ2) is 4.68. The van der Waals surface area contributed by atoms with Crippen molar-refractivity contribution in [1.82, 2.24) is 19.7 Å². The van der Waals surface area contributed by atoms with Gasteiger partial charge in [-0.1, -0.05) is 12.1 Å². The fourth-order valence-corrected chi connectivity index (χ4v) is 3.53. The smallest absolute Gasteiger partial charge is 0.198 e. The molecule has 0 fully saturated rings. The number of thiazole rings is 1. The Morgan fingerprint density at radius 3 is 2.89 bits per heavy atom. The quantitative estimate of drug-likeness (QED) is 0.794. The van der Waals surface area contributed by atoms with Crippen molar-refractivity contribution >= 4 is 33.3 Å². The summed E-state index contributed by atoms with van der Waals surface area (Å²) in [5.41, 5.74) is 0.995. The minimum absolute atomic E-state index is 0.107. The molecule has 3 aromatic rings. The SMILES string of the molecule is Cn1c(CO)nnc1Sc1nc2ccccc2s1. The molecule has 0 amide bonds. The number of fused-ring (bicyclic) bond motifs is 1. The summed E-state index contributed by atoms with van der Waals surface area (Å²) >= 11 is 3.09. The molecule has 1 aromatic carbocycles. The van der Waals surface area contributed by atoms with Crippen LogP contribution in [0, 0.1) is 0 Å². The van der Waals surface area contributed by atoms with Crippen molar-refractivity contribution in [2.45, 2.75) is 16.1 Å². The van der Waals surface area contributed by atoms with Crippen LogP contribution in [-0.4, -0.2) is 24.9 Å². The molecule has 18 heavy (non-hydrogen) atoms. The van der Waals surface area contributed by atoms with Crippen LogP contribution in [0.2, 0.25) is 0 Å². The molecule has 0 bridgehead atoms. The normalized spacial score (nSPS) is 11.2. The maximum absolute atomic E-state index is 9.07. The van der Waals surface area contributed by atoms with Gasteiger partial charge < -0.3 is 9.67 Å². The molecule has 0 saturated heterocycles. The lowest BCUT2D eigenvalue weighted by Gasteiger charge is -1.98. The number of aliphatic hydroxyl groups is 1. The minimum atomic E-state index is -0.107. The highest BCUT2D eigenvalue weighted by molar-refractivity contribution is 8.01. The zero-order chi connectivity index (χ0) is 12.5. The topological polar surface area (TPSA) is 63.8 Å². The molecule has 0 spiro atoms. The number of hydrogen-bond donors (Lipinski definition) is 1. The fraction of sp³-hybridized carbons (Fsp3) is 0.182. The molecule has 92 valence electrons. The zero-order valence-corrected chi connectivity index (χ0v) is 11.2. The van der Waals surface area contributed by atoms with Crippen LogP contribution in [0.5, 0.6) is 0 Å². The Balaban J connectivity index is 1.93. The summed E-state index contributed by atoms with van der Waals surface area (Å²) in [6, 6.07) is 8.02. The Morgan fingerprint density at radius 2 is 2.17 bits per heavy atom. The van der Waals surface area contributed by atoms with Crippen LogP contribution in [0.3, 0.4) is 0 Å². The predicted molar refractivity (Wildman–Crippen MR) is 70.7 cm³/mol. The molecule has 0 aliphatic heterocycles. The number of benzene rings is 1. The van der Waals surface area contributed by atoms with Crippen molar-refractivity contribution in [2.24, 2.45) is 7.05 Å². The van der Waals surface area contributed by atoms with Gasteiger partial charge in [-0.3, -0.25) is 0 Å². The van der Waals surface area contributed by atoms with Gasteiger partial charge >= 0.3 is 0 Å². The first kappa shape index (κ1) is 11.6. The molecule has 0 atom stereocenters. The summed E-state index contributed by atoms with van der Waals surface area (Å²) < 4.78 is 3.86. The molecule has 5 nitrogen and oxygen atoms in total. The maximum atomic E-state index is 9.07. The van der Waals surface area contributed by atoms with E-state index >= 15 is 0 Å². The summed E-state index contributed by atoms with van der Waals surface area (Å²) in [5.74, 6) is 0.554. The van der Waals surface area contributed by atoms with Gasteiger partial charge in [-0.2, -0.15) is 0 Å². The number of para-hydroxylation sites is 1. The highest BCUT2D eigenvalue weighted by Gasteiger charge is 2.12. The average molecular weight is 278 g/mol. The largest absolute Gasteiger partial charge is 0.388 e. The standard InChI is InChI=1S/C11H10N4OS2/c1-15-9(6-16)13-14-10(15)18-11-12-7-4-2-3-5-8(7)17-11/h2-5,16H,6H2,1H3. The summed E-state index contributed by atoms with van der Waals surface area (Å²) in [5, 5.41) is 17.7. The number of aliphatic hydroxyl groups excluding tert-OH is 1. The van der Waals surface area contributed by atoms with E-state index in [1.54, 1.807) is 15.9 Å². The number of aromatic nitrogens is 4. The van der Waals surface area contributed by atoms with Crippen LogP contribution < -0.4 is 0 Å². The van der Waals surface area contributed by atoms with Gasteiger partial charge in [0.1, 0.15) is 6.61 Å². The molecule has 2 heterocycles. The molecular weight excluding hydrogens is 268 g/mol. The first-order valence-electron chi connectivity index (χ1n) is 5.30. The van der Waals surface area contributed by atoms with Gasteiger partial charge in [0, 0.05) is 7.05 Å². The van der Waals surface area contributed by atoms with Crippen LogP contribution in [0.15, 0.2) is 33.8 Å². The van der Waals surface area contributed by atoms with Crippen LogP contribution >= 0.6 is 23.1 Å². The summed E-state index contributed by atoms with van der Waals surface area (Å²) in [7, 11) is 1.83. The third kappa shape index (κ3) is 2.00. The van der Waals surface area contributed by atoms with E-state index in [4.69, 9.17) is 5.11 Å². The lowest BCUT2D eigenvalue weighted by atomic mass is 10.3. The lowest BCUT2D eigenvalue weighted by Crippen LogP contribution is -1.98. The van der Waals surface area contributed by atoms with Crippen LogP contribution in [0.1, 0.15) is 5.82 Å². The van der Waals surface area contributed by atoms with Crippen LogP contribution in [0.25, 0.3) is 10.2 Å². The molecule has 0 aliphatic carbocycles. The van der Waals surface area contributed by atoms with Crippen molar-refractivity contribution in [3.05, 3.63) is 30.1 Å². The average Bonchev–Trinajstić information content (AvgIpc) is 2.94. The molecule has 0 unspecified atom stereocenters. The van der Waals surface area contributed by atoms with Crippen LogP contribution in [-0.2, 0) is 13.7 Å². The van der Waals surface area contributed by atoms with E-state index in [9.17, 15) is 0 Å². The highest BCUT2D eigenvalue weighted by Crippen LogP contribution is 2.33. The molecule has 7 heteroatoms. The molecule has 0 aliphatic rings. The Hall–Kier alpha value is -1.44. The Bertz CT molecular complexity index is 658. The second-order valence-corrected chi connectivity index (χ2v) is 5.91. The summed E-state index contributed by atoms with van der Waals surface area (Å²) in [6.45, 7) is -0.107. The summed E-state index contributed by atoms with van der Waals surface area (Å²) in [4.78, 5) is 4.52. The predicted octanol–water partition coefficient (Wildman–Crippen LogP) is 2.07. The third-order valence-corrected chi connectivity index (χ3v) is 4.65. The van der Waals surface area contributed by atoms with E-state index in [0.717, 1.165) is 19.7 Å². The molecule has 2 aromatic heterocycles. The van der Waals surface area contributed by atoms with Crippen molar-refractivity contribution in [2.75, 3.05) is 0 Å². The molecule has 0 radical (unpaired) electrons. The van der Waals surface area contributed by atoms with Gasteiger partial charge in [0.05, 0.1) is 10.2 Å². The van der Waals surface area contributed by atoms with Crippen molar-refractivity contribution in [3.8, 4) is 0 Å². The Kier molecular flexibility index (Phi) is 3.02. The molecule has 1 N–H and O–H groups in total. The van der Waals surface area contributed by atoms with Crippen LogP contribution in [0.4, 0.5) is 0 Å². The summed E-state index contributed by atoms with van der Waals surface area (Å²) in [6.07, 6.45) is 0. The number of nitrogens with zero attached hydrogens (tertiary/aromatic N) is 4. The fourth-order valence-electron chi connectivity index (χ4n) is 1.54. The molecule has 3 rings (SSSR count). The van der Waals surface area contributed by atoms with Crippen molar-refractivity contribution in [3.63, 3.8) is 0 Å². The van der Waals surface area contributed by atoms with Gasteiger partial charge in [-0.25, -0.2) is 4.98 Å². The van der Waals surface area contributed by atoms with Gasteiger partial charge in [0.25, 0.3) is 0 Å². The maximum Gasteiger partial charge on any atom is 0.198 e. The first-order valence-corrected chi connectivity index (χ1v) is 6.94. The number of rotatable bonds is 3. The van der Waals surface area contributed by atoms with E-state index in [1.807, 2.05) is 31.3 Å². The zero-order valence-electron chi connectivity index (χ0n) is 9.57. The minimum Gasteiger partial charge on any atom is -0.388 e. The lowest BCUT2D eigenvalue weighted by molar-refractivity contribution is 0.266. The highest BCUT2D eigenvalue weighted by atomic mass is 32.2. The monoisotopic (exact) mass is 278 g/mol. The van der Waals surface area contributed by atoms with E-state index in [2.05, 4.69) is 15.2 Å². The molecule has 0 saturated carbocycles. The van der Waals surface area contributed by atoms with Crippen molar-refractivity contribution < 1.29 is 5.11 Å². The van der Waals surface area contributed by atoms with Crippen molar-refractivity contribution in [1.29, 1.82) is 0 Å². The van der Waals surface area contributed by atoms with Gasteiger partial charge in [-0.15, -0.1) is 21.5 Å². The first-order chi connectivity index (χ1) is 8.78.